The zero-order valence-corrected chi connectivity index (χ0v) is 21.0. The molecular weight excluding hydrogens is 472 g/mol. The molecule has 0 atom stereocenters. The smallest absolute Gasteiger partial charge is 0.256 e. The average molecular weight is 499 g/mol. The number of pyridine rings is 1. The van der Waals surface area contributed by atoms with E-state index >= 15 is 0 Å². The second kappa shape index (κ2) is 7.87. The van der Waals surface area contributed by atoms with Gasteiger partial charge < -0.3 is 4.90 Å². The van der Waals surface area contributed by atoms with Crippen LogP contribution in [-0.2, 0) is 9.59 Å². The molecule has 2 aliphatic carbocycles. The third-order valence-electron chi connectivity index (χ3n) is 8.04. The molecule has 6 nitrogen and oxygen atoms in total. The molecule has 1 saturated heterocycles. The number of carbonyl (C=O) groups is 2. The molecule has 0 radical (unpaired) electrons. The van der Waals surface area contributed by atoms with Gasteiger partial charge in [0.15, 0.2) is 0 Å². The molecule has 1 spiro atoms. The standard InChI is InChI=1S/C29H27ClN4O2/c1-17-12-25(30)31-24-13-22(8-9-23(17)24)19-2-4-20(5-3-19)26-32-29(10-11-29)28(36)34(26)16-18-14-33(15-18)27(35)21-6-7-21/h2-5,8-9,12-13,18,21H,6-7,10-11,14-16H2,1H3. The molecule has 0 bridgehead atoms. The van der Waals surface area contributed by atoms with E-state index in [0.29, 0.717) is 23.5 Å². The maximum Gasteiger partial charge on any atom is 0.256 e. The van der Waals surface area contributed by atoms with Crippen molar-refractivity contribution in [1.29, 1.82) is 0 Å². The van der Waals surface area contributed by atoms with Crippen LogP contribution in [0.5, 0.6) is 0 Å². The largest absolute Gasteiger partial charge is 0.342 e. The molecule has 3 fully saturated rings. The lowest BCUT2D eigenvalue weighted by Crippen LogP contribution is -2.55. The summed E-state index contributed by atoms with van der Waals surface area (Å²) < 4.78 is 0. The Balaban J connectivity index is 1.12. The van der Waals surface area contributed by atoms with Crippen molar-refractivity contribution in [3.63, 3.8) is 0 Å². The summed E-state index contributed by atoms with van der Waals surface area (Å²) in [5.74, 6) is 1.77. The number of hydrogen-bond donors (Lipinski definition) is 0. The summed E-state index contributed by atoms with van der Waals surface area (Å²) in [4.78, 5) is 38.8. The van der Waals surface area contributed by atoms with Crippen LogP contribution in [0.4, 0.5) is 0 Å². The van der Waals surface area contributed by atoms with Gasteiger partial charge in [-0.2, -0.15) is 0 Å². The monoisotopic (exact) mass is 498 g/mol. The van der Waals surface area contributed by atoms with Crippen LogP contribution in [0.25, 0.3) is 22.0 Å². The first-order chi connectivity index (χ1) is 17.4. The third-order valence-corrected chi connectivity index (χ3v) is 8.23. The summed E-state index contributed by atoms with van der Waals surface area (Å²) >= 11 is 6.18. The molecule has 182 valence electrons. The zero-order valence-electron chi connectivity index (χ0n) is 20.2. The van der Waals surface area contributed by atoms with Crippen LogP contribution in [0.3, 0.4) is 0 Å². The number of aliphatic imine (C=N–C) groups is 1. The van der Waals surface area contributed by atoms with E-state index in [1.165, 1.54) is 0 Å². The minimum Gasteiger partial charge on any atom is -0.342 e. The number of hydrogen-bond acceptors (Lipinski definition) is 4. The first-order valence-corrected chi connectivity index (χ1v) is 13.2. The van der Waals surface area contributed by atoms with Gasteiger partial charge >= 0.3 is 0 Å². The Bertz CT molecular complexity index is 1450. The molecule has 3 aromatic rings. The van der Waals surface area contributed by atoms with E-state index in [0.717, 1.165) is 77.8 Å². The molecule has 4 aliphatic rings. The van der Waals surface area contributed by atoms with Gasteiger partial charge in [0.05, 0.1) is 5.52 Å². The highest BCUT2D eigenvalue weighted by Gasteiger charge is 2.57. The molecule has 0 N–H and O–H groups in total. The third kappa shape index (κ3) is 3.62. The predicted octanol–water partition coefficient (Wildman–Crippen LogP) is 4.85. The highest BCUT2D eigenvalue weighted by Crippen LogP contribution is 2.46. The van der Waals surface area contributed by atoms with Gasteiger partial charge in [-0.15, -0.1) is 0 Å². The number of amidine groups is 1. The number of halogens is 1. The normalized spacial score (nSPS) is 20.7. The van der Waals surface area contributed by atoms with Gasteiger partial charge in [-0.3, -0.25) is 19.5 Å². The summed E-state index contributed by atoms with van der Waals surface area (Å²) in [5, 5.41) is 1.59. The van der Waals surface area contributed by atoms with Crippen molar-refractivity contribution < 1.29 is 9.59 Å². The number of benzene rings is 2. The van der Waals surface area contributed by atoms with E-state index in [1.54, 1.807) is 0 Å². The van der Waals surface area contributed by atoms with Crippen LogP contribution in [0.15, 0.2) is 53.5 Å². The molecule has 2 aliphatic heterocycles. The fourth-order valence-electron chi connectivity index (χ4n) is 5.56. The second-order valence-corrected chi connectivity index (χ2v) is 11.2. The highest BCUT2D eigenvalue weighted by atomic mass is 35.5. The Kier molecular flexibility index (Phi) is 4.81. The molecule has 0 unspecified atom stereocenters. The van der Waals surface area contributed by atoms with Crippen LogP contribution in [0, 0.1) is 18.8 Å². The highest BCUT2D eigenvalue weighted by molar-refractivity contribution is 6.30. The van der Waals surface area contributed by atoms with E-state index in [-0.39, 0.29) is 11.8 Å². The lowest BCUT2D eigenvalue weighted by Gasteiger charge is -2.41. The molecular formula is C29H27ClN4O2. The number of amides is 2. The maximum atomic E-state index is 13.3. The lowest BCUT2D eigenvalue weighted by molar-refractivity contribution is -0.139. The lowest BCUT2D eigenvalue weighted by atomic mass is 9.97. The van der Waals surface area contributed by atoms with Gasteiger partial charge in [0.1, 0.15) is 16.5 Å². The maximum absolute atomic E-state index is 13.3. The van der Waals surface area contributed by atoms with Crippen molar-refractivity contribution >= 4 is 40.2 Å². The molecule has 7 rings (SSSR count). The number of fused-ring (bicyclic) bond motifs is 1. The van der Waals surface area contributed by atoms with E-state index in [2.05, 4.69) is 47.4 Å². The van der Waals surface area contributed by atoms with Gasteiger partial charge in [-0.05, 0) is 61.4 Å². The summed E-state index contributed by atoms with van der Waals surface area (Å²) in [5.41, 5.74) is 4.55. The number of rotatable bonds is 5. The van der Waals surface area contributed by atoms with Crippen molar-refractivity contribution in [3.05, 3.63) is 64.8 Å². The minimum atomic E-state index is -0.539. The first-order valence-electron chi connectivity index (χ1n) is 12.8. The second-order valence-electron chi connectivity index (χ2n) is 10.8. The van der Waals surface area contributed by atoms with Gasteiger partial charge in [-0.1, -0.05) is 48.0 Å². The number of nitrogens with zero attached hydrogens (tertiary/aromatic N) is 4. The van der Waals surface area contributed by atoms with Gasteiger partial charge in [-0.25, -0.2) is 4.98 Å². The average Bonchev–Trinajstić information content (AvgIpc) is 3.76. The summed E-state index contributed by atoms with van der Waals surface area (Å²) in [6.07, 6.45) is 3.71. The zero-order chi connectivity index (χ0) is 24.6. The Labute approximate surface area is 215 Å². The number of likely N-dealkylation sites (tertiary alicyclic amines) is 1. The number of aromatic nitrogens is 1. The van der Waals surface area contributed by atoms with Crippen LogP contribution in [-0.4, -0.2) is 57.6 Å². The Morgan fingerprint density at radius 1 is 1.03 bits per heavy atom. The fraction of sp³-hybridized carbons (Fsp3) is 0.379. The van der Waals surface area contributed by atoms with Crippen LogP contribution in [0.2, 0.25) is 5.15 Å². The van der Waals surface area contributed by atoms with E-state index < -0.39 is 5.54 Å². The van der Waals surface area contributed by atoms with Crippen molar-refractivity contribution in [3.8, 4) is 11.1 Å². The number of aryl methyl sites for hydroxylation is 1. The van der Waals surface area contributed by atoms with Crippen molar-refractivity contribution in [2.75, 3.05) is 19.6 Å². The number of carbonyl (C=O) groups excluding carboxylic acids is 2. The quantitative estimate of drug-likeness (QED) is 0.472. The first kappa shape index (κ1) is 22.0. The van der Waals surface area contributed by atoms with Crippen LogP contribution < -0.4 is 0 Å². The summed E-state index contributed by atoms with van der Waals surface area (Å²) in [7, 11) is 0. The summed E-state index contributed by atoms with van der Waals surface area (Å²) in [6.45, 7) is 4.17. The fourth-order valence-corrected chi connectivity index (χ4v) is 5.81. The molecule has 3 heterocycles. The molecule has 2 saturated carbocycles. The van der Waals surface area contributed by atoms with Crippen molar-refractivity contribution in [1.82, 2.24) is 14.8 Å². The molecule has 1 aromatic heterocycles. The van der Waals surface area contributed by atoms with E-state index in [4.69, 9.17) is 16.6 Å². The molecule has 7 heteroatoms. The van der Waals surface area contributed by atoms with Crippen LogP contribution in [0.1, 0.15) is 36.8 Å². The van der Waals surface area contributed by atoms with Crippen molar-refractivity contribution in [2.24, 2.45) is 16.8 Å². The SMILES string of the molecule is Cc1cc(Cl)nc2cc(-c3ccc(C4=NC5(CC5)C(=O)N4CC4CN(C(=O)C5CC5)C4)cc3)ccc12. The van der Waals surface area contributed by atoms with Gasteiger partial charge in [0.25, 0.3) is 5.91 Å². The van der Waals surface area contributed by atoms with E-state index in [9.17, 15) is 9.59 Å². The van der Waals surface area contributed by atoms with Crippen LogP contribution >= 0.6 is 11.6 Å². The van der Waals surface area contributed by atoms with Gasteiger partial charge in [0.2, 0.25) is 5.91 Å². The molecule has 2 aromatic carbocycles. The molecule has 2 amide bonds. The summed E-state index contributed by atoms with van der Waals surface area (Å²) in [6, 6.07) is 16.4. The predicted molar refractivity (Wildman–Crippen MR) is 140 cm³/mol. The van der Waals surface area contributed by atoms with Gasteiger partial charge in [0, 0.05) is 42.4 Å². The van der Waals surface area contributed by atoms with E-state index in [1.807, 2.05) is 22.8 Å². The van der Waals surface area contributed by atoms with Crippen molar-refractivity contribution in [2.45, 2.75) is 38.1 Å². The minimum absolute atomic E-state index is 0.126. The molecule has 36 heavy (non-hydrogen) atoms. The Morgan fingerprint density at radius 2 is 1.72 bits per heavy atom. The Hall–Kier alpha value is -3.25. The topological polar surface area (TPSA) is 65.9 Å². The Morgan fingerprint density at radius 3 is 2.42 bits per heavy atom.